The molecule has 2 amide bonds. The molecule has 2 atom stereocenters. The quantitative estimate of drug-likeness (QED) is 0.241. The van der Waals surface area contributed by atoms with Gasteiger partial charge in [-0.05, 0) is 24.1 Å². The summed E-state index contributed by atoms with van der Waals surface area (Å²) in [6, 6.07) is 1.23. The van der Waals surface area contributed by atoms with Gasteiger partial charge in [0.25, 0.3) is 5.91 Å². The molecule has 0 aromatic carbocycles. The van der Waals surface area contributed by atoms with Crippen LogP contribution in [0.15, 0.2) is 67.0 Å². The van der Waals surface area contributed by atoms with Gasteiger partial charge in [0.15, 0.2) is 6.61 Å². The van der Waals surface area contributed by atoms with Gasteiger partial charge >= 0.3 is 0 Å². The molecule has 3 N–H and O–H groups in total. The summed E-state index contributed by atoms with van der Waals surface area (Å²) in [7, 11) is 0. The Bertz CT molecular complexity index is 846. The van der Waals surface area contributed by atoms with Crippen molar-refractivity contribution in [1.29, 1.82) is 0 Å². The highest BCUT2D eigenvalue weighted by Crippen LogP contribution is 2.11. The summed E-state index contributed by atoms with van der Waals surface area (Å²) in [4.78, 5) is 27.8. The third-order valence-corrected chi connectivity index (χ3v) is 4.13. The van der Waals surface area contributed by atoms with Crippen LogP contribution < -0.4 is 10.6 Å². The number of amides is 2. The number of aromatic nitrogens is 1. The zero-order valence-electron chi connectivity index (χ0n) is 16.7. The summed E-state index contributed by atoms with van der Waals surface area (Å²) in [5.41, 5.74) is 1.17. The van der Waals surface area contributed by atoms with E-state index in [4.69, 9.17) is 16.3 Å². The van der Waals surface area contributed by atoms with Gasteiger partial charge in [0.05, 0.1) is 18.2 Å². The number of hydrogen-bond donors (Lipinski definition) is 3. The predicted molar refractivity (Wildman–Crippen MR) is 113 cm³/mol. The molecule has 0 saturated heterocycles. The van der Waals surface area contributed by atoms with Gasteiger partial charge in [-0.25, -0.2) is 8.78 Å². The highest BCUT2D eigenvalue weighted by molar-refractivity contribution is 6.25. The molecule has 0 spiro atoms. The molecule has 7 nitrogen and oxygen atoms in total. The summed E-state index contributed by atoms with van der Waals surface area (Å²) >= 11 is 5.20. The van der Waals surface area contributed by atoms with Crippen LogP contribution in [0.2, 0.25) is 0 Å². The molecule has 1 heterocycles. The number of nitrogens with zero attached hydrogens (tertiary/aromatic N) is 1. The topological polar surface area (TPSA) is 101 Å². The minimum absolute atomic E-state index is 0.0153. The second-order valence-electron chi connectivity index (χ2n) is 6.23. The molecule has 1 aromatic heterocycles. The Hall–Kier alpha value is -3.04. The number of aliphatic hydroxyl groups excluding tert-OH is 1. The number of hydrogen-bond acceptors (Lipinski definition) is 5. The van der Waals surface area contributed by atoms with E-state index in [2.05, 4.69) is 28.8 Å². The van der Waals surface area contributed by atoms with Gasteiger partial charge in [0.2, 0.25) is 5.91 Å². The maximum Gasteiger partial charge on any atom is 0.257 e. The first-order valence-electron chi connectivity index (χ1n) is 9.18. The van der Waals surface area contributed by atoms with E-state index in [0.29, 0.717) is 11.1 Å². The number of carbonyl (C=O) groups is 2. The summed E-state index contributed by atoms with van der Waals surface area (Å²) in [6.45, 7) is 6.66. The normalized spacial score (nSPS) is 13.7. The van der Waals surface area contributed by atoms with Crippen LogP contribution >= 0.6 is 11.6 Å². The summed E-state index contributed by atoms with van der Waals surface area (Å²) in [5.74, 6) is -3.23. The van der Waals surface area contributed by atoms with Crippen molar-refractivity contribution in [3.63, 3.8) is 0 Å². The molecule has 10 heteroatoms. The van der Waals surface area contributed by atoms with Crippen molar-refractivity contribution in [2.45, 2.75) is 19.1 Å². The highest BCUT2D eigenvalue weighted by atomic mass is 35.5. The van der Waals surface area contributed by atoms with E-state index in [1.165, 1.54) is 24.4 Å². The number of pyridine rings is 1. The molecule has 0 aliphatic heterocycles. The SMILES string of the molecule is C=C/C(=C\C(F)=C\Cl)OCC(=O)NCCC(O)C(C=C)C(=O)NCc1cncc(F)c1. The molecule has 31 heavy (non-hydrogen) atoms. The number of aliphatic hydroxyl groups is 1. The fraction of sp³-hybridized carbons (Fsp3) is 0.286. The van der Waals surface area contributed by atoms with E-state index in [0.717, 1.165) is 12.3 Å². The fourth-order valence-corrected chi connectivity index (χ4v) is 2.43. The lowest BCUT2D eigenvalue weighted by atomic mass is 9.98. The third-order valence-electron chi connectivity index (χ3n) is 3.92. The highest BCUT2D eigenvalue weighted by Gasteiger charge is 2.23. The first kappa shape index (κ1) is 26.0. The van der Waals surface area contributed by atoms with Crippen LogP contribution in [0.25, 0.3) is 0 Å². The van der Waals surface area contributed by atoms with Crippen LogP contribution in [0.3, 0.4) is 0 Å². The smallest absolute Gasteiger partial charge is 0.257 e. The molecule has 0 bridgehead atoms. The summed E-state index contributed by atoms with van der Waals surface area (Å²) in [6.07, 6.45) is 4.86. The number of halogens is 3. The lowest BCUT2D eigenvalue weighted by molar-refractivity contribution is -0.126. The second kappa shape index (κ2) is 14.1. The molecular formula is C21H24ClF2N3O4. The Labute approximate surface area is 184 Å². The van der Waals surface area contributed by atoms with Gasteiger partial charge in [-0.3, -0.25) is 14.6 Å². The van der Waals surface area contributed by atoms with Crippen LogP contribution in [-0.4, -0.2) is 41.2 Å². The van der Waals surface area contributed by atoms with E-state index in [-0.39, 0.29) is 25.3 Å². The first-order valence-corrected chi connectivity index (χ1v) is 9.61. The van der Waals surface area contributed by atoms with Crippen LogP contribution in [-0.2, 0) is 20.9 Å². The Morgan fingerprint density at radius 2 is 2.06 bits per heavy atom. The van der Waals surface area contributed by atoms with E-state index in [1.54, 1.807) is 0 Å². The number of allylic oxidation sites excluding steroid dienone is 3. The van der Waals surface area contributed by atoms with Crippen molar-refractivity contribution in [3.05, 3.63) is 78.3 Å². The zero-order valence-corrected chi connectivity index (χ0v) is 17.4. The van der Waals surface area contributed by atoms with Crippen molar-refractivity contribution in [3.8, 4) is 0 Å². The van der Waals surface area contributed by atoms with Crippen molar-refractivity contribution in [2.75, 3.05) is 13.2 Å². The molecule has 0 aliphatic carbocycles. The molecule has 0 fully saturated rings. The molecule has 0 saturated carbocycles. The average Bonchev–Trinajstić information content (AvgIpc) is 2.75. The van der Waals surface area contributed by atoms with Crippen LogP contribution in [0.4, 0.5) is 8.78 Å². The number of ether oxygens (including phenoxy) is 1. The van der Waals surface area contributed by atoms with Crippen molar-refractivity contribution >= 4 is 23.4 Å². The standard InChI is InChI=1S/C21H24ClF2N3O4/c1-3-17(8-15(23)9-22)31-13-20(29)26-6-5-19(28)18(4-2)21(30)27-11-14-7-16(24)12-25-10-14/h3-4,7-10,12,18-19,28H,1-2,5-6,11,13H2,(H,26,29)(H,27,30)/b15-9-,17-8+. The molecule has 1 rings (SSSR count). The van der Waals surface area contributed by atoms with Crippen LogP contribution in [0.5, 0.6) is 0 Å². The zero-order chi connectivity index (χ0) is 23.2. The molecular weight excluding hydrogens is 432 g/mol. The van der Waals surface area contributed by atoms with E-state index < -0.39 is 42.1 Å². The summed E-state index contributed by atoms with van der Waals surface area (Å²) < 4.78 is 31.3. The number of nitrogens with one attached hydrogen (secondary N) is 2. The van der Waals surface area contributed by atoms with Gasteiger partial charge in [-0.2, -0.15) is 0 Å². The Kier molecular flexibility index (Phi) is 11.8. The molecule has 0 radical (unpaired) electrons. The monoisotopic (exact) mass is 455 g/mol. The first-order chi connectivity index (χ1) is 14.8. The molecule has 168 valence electrons. The molecule has 2 unspecified atom stereocenters. The van der Waals surface area contributed by atoms with Crippen molar-refractivity contribution in [1.82, 2.24) is 15.6 Å². The average molecular weight is 456 g/mol. The minimum atomic E-state index is -1.11. The number of carbonyl (C=O) groups excluding carboxylic acids is 2. The van der Waals surface area contributed by atoms with E-state index in [9.17, 15) is 23.5 Å². The van der Waals surface area contributed by atoms with Gasteiger partial charge in [-0.15, -0.1) is 6.58 Å². The Morgan fingerprint density at radius 3 is 2.68 bits per heavy atom. The fourth-order valence-electron chi connectivity index (χ4n) is 2.36. The maximum atomic E-state index is 13.1. The lowest BCUT2D eigenvalue weighted by Crippen LogP contribution is -2.38. The third kappa shape index (κ3) is 10.0. The largest absolute Gasteiger partial charge is 0.484 e. The van der Waals surface area contributed by atoms with E-state index >= 15 is 0 Å². The predicted octanol–water partition coefficient (Wildman–Crippen LogP) is 2.64. The van der Waals surface area contributed by atoms with Crippen molar-refractivity contribution < 1.29 is 28.2 Å². The van der Waals surface area contributed by atoms with Gasteiger partial charge in [-0.1, -0.05) is 24.3 Å². The van der Waals surface area contributed by atoms with Crippen molar-refractivity contribution in [2.24, 2.45) is 5.92 Å². The van der Waals surface area contributed by atoms with Crippen LogP contribution in [0, 0.1) is 11.7 Å². The molecule has 1 aromatic rings. The number of rotatable bonds is 13. The lowest BCUT2D eigenvalue weighted by Gasteiger charge is -2.19. The van der Waals surface area contributed by atoms with Gasteiger partial charge in [0.1, 0.15) is 17.4 Å². The Morgan fingerprint density at radius 1 is 1.32 bits per heavy atom. The van der Waals surface area contributed by atoms with Gasteiger partial charge in [0, 0.05) is 30.9 Å². The second-order valence-corrected chi connectivity index (χ2v) is 6.45. The van der Waals surface area contributed by atoms with Gasteiger partial charge < -0.3 is 20.5 Å². The molecule has 0 aliphatic rings. The van der Waals surface area contributed by atoms with Crippen LogP contribution in [0.1, 0.15) is 12.0 Å². The maximum absolute atomic E-state index is 13.1. The Balaban J connectivity index is 2.43. The van der Waals surface area contributed by atoms with E-state index in [1.807, 2.05) is 0 Å². The minimum Gasteiger partial charge on any atom is -0.484 e. The summed E-state index contributed by atoms with van der Waals surface area (Å²) in [5, 5.41) is 15.3.